The van der Waals surface area contributed by atoms with E-state index in [0.717, 1.165) is 16.6 Å². The number of nitrogens with one attached hydrogen (secondary N) is 1. The molecule has 0 atom stereocenters. The molecule has 2 rings (SSSR count). The van der Waals surface area contributed by atoms with Crippen LogP contribution in [0.5, 0.6) is 0 Å². The van der Waals surface area contributed by atoms with Gasteiger partial charge in [-0.3, -0.25) is 15.1 Å². The lowest BCUT2D eigenvalue weighted by molar-refractivity contribution is 0.0952. The molecule has 108 valence electrons. The third kappa shape index (κ3) is 3.61. The first kappa shape index (κ1) is 15.1. The summed E-state index contributed by atoms with van der Waals surface area (Å²) in [7, 11) is 1.98. The van der Waals surface area contributed by atoms with E-state index in [1.165, 1.54) is 4.88 Å². The number of aryl methyl sites for hydroxylation is 1. The first-order valence-corrected chi connectivity index (χ1v) is 7.22. The Morgan fingerprint density at radius 2 is 2.25 bits per heavy atom. The van der Waals surface area contributed by atoms with E-state index in [4.69, 9.17) is 21.9 Å². The topological polar surface area (TPSA) is 71.5 Å². The van der Waals surface area contributed by atoms with Crippen molar-refractivity contribution in [1.82, 2.24) is 10.3 Å². The van der Waals surface area contributed by atoms with Crippen molar-refractivity contribution in [2.75, 3.05) is 7.05 Å². The maximum atomic E-state index is 11.5. The summed E-state index contributed by atoms with van der Waals surface area (Å²) in [6.45, 7) is 3.12. The number of nitrogens with zero attached hydrogens (tertiary/aromatic N) is 1. The van der Waals surface area contributed by atoms with E-state index in [-0.39, 0.29) is 5.91 Å². The maximum absolute atomic E-state index is 11.5. The van der Waals surface area contributed by atoms with Crippen molar-refractivity contribution in [3.8, 4) is 0 Å². The van der Waals surface area contributed by atoms with Gasteiger partial charge in [0.1, 0.15) is 11.5 Å². The van der Waals surface area contributed by atoms with E-state index in [0.29, 0.717) is 17.9 Å². The molecule has 2 aromatic rings. The Hall–Kier alpha value is -1.34. The zero-order valence-corrected chi connectivity index (χ0v) is 12.8. The number of rotatable bonds is 5. The molecule has 0 unspecified atom stereocenters. The number of hydrazine groups is 1. The maximum Gasteiger partial charge on any atom is 0.268 e. The molecular weight excluding hydrogens is 298 g/mol. The third-order valence-corrected chi connectivity index (χ3v) is 4.04. The molecule has 0 aliphatic carbocycles. The second-order valence-corrected chi connectivity index (χ2v) is 6.33. The van der Waals surface area contributed by atoms with Crippen molar-refractivity contribution in [3.63, 3.8) is 0 Å². The Morgan fingerprint density at radius 1 is 1.50 bits per heavy atom. The number of furan rings is 1. The van der Waals surface area contributed by atoms with Gasteiger partial charge in [-0.05, 0) is 32.2 Å². The number of carbonyl (C=O) groups is 1. The predicted octanol–water partition coefficient (Wildman–Crippen LogP) is 2.54. The normalized spacial score (nSPS) is 11.1. The van der Waals surface area contributed by atoms with Crippen LogP contribution in [0, 0.1) is 6.92 Å². The van der Waals surface area contributed by atoms with Gasteiger partial charge in [-0.1, -0.05) is 11.6 Å². The largest absolute Gasteiger partial charge is 0.464 e. The van der Waals surface area contributed by atoms with E-state index >= 15 is 0 Å². The van der Waals surface area contributed by atoms with Crippen LogP contribution in [-0.4, -0.2) is 17.9 Å². The quantitative estimate of drug-likeness (QED) is 0.505. The number of hydrogen-bond donors (Lipinski definition) is 2. The molecule has 0 saturated carbocycles. The highest BCUT2D eigenvalue weighted by Crippen LogP contribution is 2.23. The lowest BCUT2D eigenvalue weighted by Crippen LogP contribution is -2.30. The molecule has 0 spiro atoms. The van der Waals surface area contributed by atoms with Crippen molar-refractivity contribution in [1.29, 1.82) is 0 Å². The number of nitrogen functional groups attached to an aromatic ring is 1. The first-order valence-electron chi connectivity index (χ1n) is 6.02. The van der Waals surface area contributed by atoms with Gasteiger partial charge >= 0.3 is 0 Å². The summed E-state index contributed by atoms with van der Waals surface area (Å²) in [5.74, 6) is 6.08. The molecule has 0 bridgehead atoms. The summed E-state index contributed by atoms with van der Waals surface area (Å²) < 4.78 is 6.35. The van der Waals surface area contributed by atoms with Gasteiger partial charge in [0.15, 0.2) is 0 Å². The first-order chi connectivity index (χ1) is 9.49. The van der Waals surface area contributed by atoms with E-state index in [1.54, 1.807) is 24.3 Å². The minimum Gasteiger partial charge on any atom is -0.464 e. The fourth-order valence-corrected chi connectivity index (χ4v) is 3.12. The molecule has 1 amide bonds. The van der Waals surface area contributed by atoms with Crippen molar-refractivity contribution in [3.05, 3.63) is 44.5 Å². The molecule has 3 N–H and O–H groups in total. The molecule has 0 aliphatic heterocycles. The zero-order chi connectivity index (χ0) is 14.7. The number of nitrogens with two attached hydrogens (primary N) is 1. The predicted molar refractivity (Wildman–Crippen MR) is 79.6 cm³/mol. The van der Waals surface area contributed by atoms with Gasteiger partial charge in [0.25, 0.3) is 5.91 Å². The van der Waals surface area contributed by atoms with Gasteiger partial charge in [-0.15, -0.1) is 11.3 Å². The van der Waals surface area contributed by atoms with Crippen LogP contribution in [0.2, 0.25) is 4.34 Å². The van der Waals surface area contributed by atoms with Crippen LogP contribution in [0.3, 0.4) is 0 Å². The van der Waals surface area contributed by atoms with Gasteiger partial charge in [-0.25, -0.2) is 5.84 Å². The van der Waals surface area contributed by atoms with Gasteiger partial charge in [0.2, 0.25) is 0 Å². The molecule has 0 aromatic carbocycles. The summed E-state index contributed by atoms with van der Waals surface area (Å²) in [6, 6.07) is 5.61. The fraction of sp³-hybridized carbons (Fsp3) is 0.308. The molecule has 5 nitrogen and oxygen atoms in total. The van der Waals surface area contributed by atoms with Crippen molar-refractivity contribution in [2.45, 2.75) is 20.0 Å². The second-order valence-electron chi connectivity index (χ2n) is 4.53. The van der Waals surface area contributed by atoms with Crippen LogP contribution in [0.15, 0.2) is 22.6 Å². The Bertz CT molecular complexity index is 609. The summed E-state index contributed by atoms with van der Waals surface area (Å²) in [5.41, 5.74) is 2.57. The molecule has 2 heterocycles. The van der Waals surface area contributed by atoms with Crippen molar-refractivity contribution in [2.24, 2.45) is 5.84 Å². The summed E-state index contributed by atoms with van der Waals surface area (Å²) >= 11 is 7.46. The highest BCUT2D eigenvalue weighted by atomic mass is 35.5. The van der Waals surface area contributed by atoms with Crippen molar-refractivity contribution < 1.29 is 9.21 Å². The molecule has 2 aromatic heterocycles. The number of thiophene rings is 1. The lowest BCUT2D eigenvalue weighted by atomic mass is 10.2. The highest BCUT2D eigenvalue weighted by Gasteiger charge is 2.15. The number of carbonyl (C=O) groups excluding carboxylic acids is 1. The molecule has 0 saturated heterocycles. The molecule has 0 fully saturated rings. The van der Waals surface area contributed by atoms with Crippen LogP contribution < -0.4 is 11.3 Å². The second kappa shape index (κ2) is 6.41. The lowest BCUT2D eigenvalue weighted by Gasteiger charge is -2.13. The van der Waals surface area contributed by atoms with Crippen LogP contribution in [-0.2, 0) is 13.1 Å². The standard InChI is InChI=1S/C13H16ClN3O2S/c1-8-11(13(18)16-15)5-9(19-8)6-17(2)7-10-3-4-12(14)20-10/h3-5H,6-7,15H2,1-2H3,(H,16,18). The number of hydrogen-bond acceptors (Lipinski definition) is 5. The van der Waals surface area contributed by atoms with Gasteiger partial charge < -0.3 is 4.42 Å². The minimum absolute atomic E-state index is 0.342. The summed E-state index contributed by atoms with van der Waals surface area (Å²) in [6.07, 6.45) is 0. The number of halogens is 1. The van der Waals surface area contributed by atoms with Gasteiger partial charge in [0.05, 0.1) is 16.4 Å². The summed E-state index contributed by atoms with van der Waals surface area (Å²) in [5, 5.41) is 0. The van der Waals surface area contributed by atoms with E-state index in [1.807, 2.05) is 19.2 Å². The SMILES string of the molecule is Cc1oc(CN(C)Cc2ccc(Cl)s2)cc1C(=O)NN. The Kier molecular flexibility index (Phi) is 4.82. The fourth-order valence-electron chi connectivity index (χ4n) is 1.95. The highest BCUT2D eigenvalue weighted by molar-refractivity contribution is 7.16. The monoisotopic (exact) mass is 313 g/mol. The smallest absolute Gasteiger partial charge is 0.268 e. The molecule has 0 aliphatic rings. The minimum atomic E-state index is -0.342. The third-order valence-electron chi connectivity index (χ3n) is 2.82. The number of amides is 1. The van der Waals surface area contributed by atoms with E-state index < -0.39 is 0 Å². The Labute approximate surface area is 126 Å². The van der Waals surface area contributed by atoms with E-state index in [9.17, 15) is 4.79 Å². The van der Waals surface area contributed by atoms with Crippen LogP contribution in [0.4, 0.5) is 0 Å². The van der Waals surface area contributed by atoms with Crippen LogP contribution in [0.25, 0.3) is 0 Å². The molecule has 7 heteroatoms. The molecular formula is C13H16ClN3O2S. The molecule has 0 radical (unpaired) electrons. The Balaban J connectivity index is 2.01. The average Bonchev–Trinajstić information content (AvgIpc) is 2.94. The van der Waals surface area contributed by atoms with Gasteiger partial charge in [-0.2, -0.15) is 0 Å². The van der Waals surface area contributed by atoms with Crippen molar-refractivity contribution >= 4 is 28.8 Å². The van der Waals surface area contributed by atoms with E-state index in [2.05, 4.69) is 10.3 Å². The zero-order valence-electron chi connectivity index (χ0n) is 11.3. The average molecular weight is 314 g/mol. The van der Waals surface area contributed by atoms with Gasteiger partial charge in [0, 0.05) is 11.4 Å². The molecule has 20 heavy (non-hydrogen) atoms. The van der Waals surface area contributed by atoms with Crippen LogP contribution in [0.1, 0.15) is 26.8 Å². The summed E-state index contributed by atoms with van der Waals surface area (Å²) in [4.78, 5) is 14.8. The van der Waals surface area contributed by atoms with Crippen LogP contribution >= 0.6 is 22.9 Å². The Morgan fingerprint density at radius 3 is 2.85 bits per heavy atom.